The summed E-state index contributed by atoms with van der Waals surface area (Å²) in [5.41, 5.74) is 1.04. The number of nitrogens with zero attached hydrogens (tertiary/aromatic N) is 2. The highest BCUT2D eigenvalue weighted by atomic mass is 35.5. The van der Waals surface area contributed by atoms with Crippen LogP contribution in [0.15, 0.2) is 12.3 Å². The molecule has 0 amide bonds. The summed E-state index contributed by atoms with van der Waals surface area (Å²) in [4.78, 5) is 6.46. The summed E-state index contributed by atoms with van der Waals surface area (Å²) in [5.74, 6) is 0.703. The molecule has 0 spiro atoms. The van der Waals surface area contributed by atoms with Gasteiger partial charge in [0.05, 0.1) is 0 Å². The second-order valence-corrected chi connectivity index (χ2v) is 5.23. The van der Waals surface area contributed by atoms with E-state index >= 15 is 0 Å². The molecule has 96 valence electrons. The molecule has 2 nitrogen and oxygen atoms in total. The van der Waals surface area contributed by atoms with Gasteiger partial charge in [0.1, 0.15) is 5.15 Å². The van der Waals surface area contributed by atoms with E-state index in [4.69, 9.17) is 23.2 Å². The lowest BCUT2D eigenvalue weighted by molar-refractivity contribution is 0.238. The van der Waals surface area contributed by atoms with Crippen LogP contribution in [0.1, 0.15) is 32.8 Å². The Kier molecular flexibility index (Phi) is 6.24. The summed E-state index contributed by atoms with van der Waals surface area (Å²) in [6, 6.07) is 1.70. The van der Waals surface area contributed by atoms with Crippen LogP contribution >= 0.6 is 23.2 Å². The van der Waals surface area contributed by atoms with Crippen molar-refractivity contribution in [1.29, 1.82) is 0 Å². The smallest absolute Gasteiger partial charge is 0.130 e. The van der Waals surface area contributed by atoms with Crippen LogP contribution in [-0.4, -0.2) is 23.0 Å². The number of rotatable bonds is 6. The van der Waals surface area contributed by atoms with Crippen LogP contribution in [0.3, 0.4) is 0 Å². The molecule has 0 aliphatic rings. The molecule has 1 rings (SSSR count). The van der Waals surface area contributed by atoms with Crippen LogP contribution in [0, 0.1) is 5.92 Å². The maximum absolute atomic E-state index is 6.15. The van der Waals surface area contributed by atoms with Gasteiger partial charge >= 0.3 is 0 Å². The third-order valence-electron chi connectivity index (χ3n) is 3.00. The molecular weight excluding hydrogens is 255 g/mol. The number of hydrogen-bond acceptors (Lipinski definition) is 2. The molecule has 1 unspecified atom stereocenters. The van der Waals surface area contributed by atoms with Gasteiger partial charge in [-0.3, -0.25) is 4.90 Å². The Morgan fingerprint density at radius 3 is 2.59 bits per heavy atom. The van der Waals surface area contributed by atoms with Crippen molar-refractivity contribution in [2.75, 3.05) is 13.1 Å². The average Bonchev–Trinajstić information content (AvgIpc) is 2.31. The Bertz CT molecular complexity index is 355. The first kappa shape index (κ1) is 14.7. The van der Waals surface area contributed by atoms with E-state index in [2.05, 4.69) is 30.7 Å². The lowest BCUT2D eigenvalue weighted by Gasteiger charge is -2.24. The van der Waals surface area contributed by atoms with E-state index in [1.165, 1.54) is 6.42 Å². The Balaban J connectivity index is 2.67. The fourth-order valence-electron chi connectivity index (χ4n) is 1.67. The second-order valence-electron chi connectivity index (χ2n) is 4.44. The van der Waals surface area contributed by atoms with E-state index in [1.54, 1.807) is 12.3 Å². The number of halogens is 2. The van der Waals surface area contributed by atoms with Gasteiger partial charge in [-0.05, 0) is 18.5 Å². The van der Waals surface area contributed by atoms with Gasteiger partial charge in [0, 0.05) is 29.9 Å². The van der Waals surface area contributed by atoms with Crippen LogP contribution in [0.2, 0.25) is 10.2 Å². The largest absolute Gasteiger partial charge is 0.299 e. The van der Waals surface area contributed by atoms with Crippen molar-refractivity contribution in [2.24, 2.45) is 5.92 Å². The monoisotopic (exact) mass is 274 g/mol. The third kappa shape index (κ3) is 4.82. The predicted molar refractivity (Wildman–Crippen MR) is 74.7 cm³/mol. The zero-order valence-corrected chi connectivity index (χ0v) is 12.2. The van der Waals surface area contributed by atoms with E-state index < -0.39 is 0 Å². The van der Waals surface area contributed by atoms with Gasteiger partial charge in [-0.15, -0.1) is 0 Å². The van der Waals surface area contributed by atoms with Crippen molar-refractivity contribution < 1.29 is 0 Å². The Labute approximate surface area is 114 Å². The molecule has 1 atom stereocenters. The highest BCUT2D eigenvalue weighted by Crippen LogP contribution is 2.20. The minimum Gasteiger partial charge on any atom is -0.299 e. The zero-order valence-electron chi connectivity index (χ0n) is 10.7. The lowest BCUT2D eigenvalue weighted by Crippen LogP contribution is -2.28. The molecule has 0 bridgehead atoms. The van der Waals surface area contributed by atoms with Gasteiger partial charge < -0.3 is 0 Å². The molecule has 17 heavy (non-hydrogen) atoms. The normalized spacial score (nSPS) is 13.1. The van der Waals surface area contributed by atoms with Crippen molar-refractivity contribution >= 4 is 23.2 Å². The lowest BCUT2D eigenvalue weighted by atomic mass is 10.1. The minimum atomic E-state index is 0.448. The quantitative estimate of drug-likeness (QED) is 0.721. The molecule has 0 fully saturated rings. The molecule has 0 radical (unpaired) electrons. The summed E-state index contributed by atoms with van der Waals surface area (Å²) in [6.45, 7) is 9.60. The van der Waals surface area contributed by atoms with Crippen molar-refractivity contribution in [2.45, 2.75) is 33.7 Å². The van der Waals surface area contributed by atoms with Crippen molar-refractivity contribution in [3.8, 4) is 0 Å². The Hall–Kier alpha value is -0.310. The highest BCUT2D eigenvalue weighted by Gasteiger charge is 2.10. The fraction of sp³-hybridized carbons (Fsp3) is 0.615. The standard InChI is InChI=1S/C13H20Cl2N2/c1-4-10(3)8-17(5-2)9-11-7-16-13(15)6-12(11)14/h6-7,10H,4-5,8-9H2,1-3H3. The first-order valence-electron chi connectivity index (χ1n) is 6.09. The SMILES string of the molecule is CCC(C)CN(CC)Cc1cnc(Cl)cc1Cl. The van der Waals surface area contributed by atoms with Gasteiger partial charge in [-0.25, -0.2) is 4.98 Å². The van der Waals surface area contributed by atoms with E-state index in [-0.39, 0.29) is 0 Å². The van der Waals surface area contributed by atoms with E-state index in [0.29, 0.717) is 16.1 Å². The average molecular weight is 275 g/mol. The maximum atomic E-state index is 6.15. The number of hydrogen-bond donors (Lipinski definition) is 0. The van der Waals surface area contributed by atoms with Crippen LogP contribution in [-0.2, 0) is 6.54 Å². The van der Waals surface area contributed by atoms with E-state index in [1.807, 2.05) is 0 Å². The maximum Gasteiger partial charge on any atom is 0.130 e. The van der Waals surface area contributed by atoms with Crippen LogP contribution in [0.4, 0.5) is 0 Å². The minimum absolute atomic E-state index is 0.448. The molecule has 0 saturated carbocycles. The van der Waals surface area contributed by atoms with Gasteiger partial charge in [-0.1, -0.05) is 50.4 Å². The van der Waals surface area contributed by atoms with Crippen molar-refractivity contribution in [1.82, 2.24) is 9.88 Å². The fourth-order valence-corrected chi connectivity index (χ4v) is 2.09. The van der Waals surface area contributed by atoms with Gasteiger partial charge in [0.15, 0.2) is 0 Å². The predicted octanol–water partition coefficient (Wildman–Crippen LogP) is 4.26. The van der Waals surface area contributed by atoms with Crippen molar-refractivity contribution in [3.05, 3.63) is 28.0 Å². The van der Waals surface area contributed by atoms with Crippen LogP contribution < -0.4 is 0 Å². The molecule has 0 saturated heterocycles. The number of aromatic nitrogens is 1. The van der Waals surface area contributed by atoms with E-state index in [9.17, 15) is 0 Å². The molecule has 0 aromatic carbocycles. The Morgan fingerprint density at radius 2 is 2.06 bits per heavy atom. The summed E-state index contributed by atoms with van der Waals surface area (Å²) in [7, 11) is 0. The van der Waals surface area contributed by atoms with Crippen LogP contribution in [0.25, 0.3) is 0 Å². The molecule has 0 aliphatic heterocycles. The summed E-state index contributed by atoms with van der Waals surface area (Å²) >= 11 is 11.9. The summed E-state index contributed by atoms with van der Waals surface area (Å²) in [6.07, 6.45) is 2.97. The summed E-state index contributed by atoms with van der Waals surface area (Å²) in [5, 5.41) is 1.15. The first-order valence-corrected chi connectivity index (χ1v) is 6.84. The van der Waals surface area contributed by atoms with Crippen LogP contribution in [0.5, 0.6) is 0 Å². The summed E-state index contributed by atoms with van der Waals surface area (Å²) < 4.78 is 0. The van der Waals surface area contributed by atoms with Gasteiger partial charge in [-0.2, -0.15) is 0 Å². The molecular formula is C13H20Cl2N2. The molecule has 1 heterocycles. The number of pyridine rings is 1. The highest BCUT2D eigenvalue weighted by molar-refractivity contribution is 6.34. The zero-order chi connectivity index (χ0) is 12.8. The second kappa shape index (κ2) is 7.20. The topological polar surface area (TPSA) is 16.1 Å². The molecule has 1 aromatic rings. The Morgan fingerprint density at radius 1 is 1.35 bits per heavy atom. The molecule has 0 aliphatic carbocycles. The molecule has 4 heteroatoms. The van der Waals surface area contributed by atoms with Gasteiger partial charge in [0.2, 0.25) is 0 Å². The molecule has 1 aromatic heterocycles. The first-order chi connectivity index (χ1) is 8.06. The van der Waals surface area contributed by atoms with Gasteiger partial charge in [0.25, 0.3) is 0 Å². The van der Waals surface area contributed by atoms with Crippen molar-refractivity contribution in [3.63, 3.8) is 0 Å². The third-order valence-corrected chi connectivity index (χ3v) is 3.56. The van der Waals surface area contributed by atoms with E-state index in [0.717, 1.165) is 25.2 Å². The molecule has 0 N–H and O–H groups in total.